The van der Waals surface area contributed by atoms with Gasteiger partial charge in [-0.15, -0.1) is 10.2 Å². The average Bonchev–Trinajstić information content (AvgIpc) is 2.96. The minimum Gasteiger partial charge on any atom is -0.296 e. The van der Waals surface area contributed by atoms with Crippen LogP contribution in [0.15, 0.2) is 48.5 Å². The van der Waals surface area contributed by atoms with E-state index in [4.69, 9.17) is 11.6 Å². The van der Waals surface area contributed by atoms with Crippen LogP contribution in [0.5, 0.6) is 0 Å². The molecule has 0 spiro atoms. The van der Waals surface area contributed by atoms with Crippen molar-refractivity contribution in [2.24, 2.45) is 0 Å². The Kier molecular flexibility index (Phi) is 5.24. The highest BCUT2D eigenvalue weighted by Gasteiger charge is 2.11. The van der Waals surface area contributed by atoms with Crippen LogP contribution >= 0.6 is 45.5 Å². The zero-order valence-electron chi connectivity index (χ0n) is 11.8. The Labute approximate surface area is 156 Å². The summed E-state index contributed by atoms with van der Waals surface area (Å²) in [6, 6.07) is 15.0. The highest BCUT2D eigenvalue weighted by atomic mass is 127. The van der Waals surface area contributed by atoms with E-state index in [9.17, 15) is 4.79 Å². The predicted octanol–water partition coefficient (Wildman–Crippen LogP) is 4.64. The SMILES string of the molecule is O=C(Nc1nnc(Cc2ccc(Cl)cc2)s1)c1cccc(I)c1. The fraction of sp³-hybridized carbons (Fsp3) is 0.0625. The number of carbonyl (C=O) groups is 1. The first-order chi connectivity index (χ1) is 11.1. The maximum absolute atomic E-state index is 12.2. The highest BCUT2D eigenvalue weighted by molar-refractivity contribution is 14.1. The second-order valence-corrected chi connectivity index (χ2v) is 7.51. The van der Waals surface area contributed by atoms with Gasteiger partial charge in [-0.1, -0.05) is 41.1 Å². The lowest BCUT2D eigenvalue weighted by atomic mass is 10.2. The van der Waals surface area contributed by atoms with Crippen molar-refractivity contribution in [2.75, 3.05) is 5.32 Å². The molecule has 7 heteroatoms. The third kappa shape index (κ3) is 4.49. The van der Waals surface area contributed by atoms with Gasteiger partial charge in [0, 0.05) is 20.6 Å². The Morgan fingerprint density at radius 1 is 1.17 bits per heavy atom. The molecule has 0 atom stereocenters. The molecular formula is C16H11ClIN3OS. The molecule has 1 heterocycles. The summed E-state index contributed by atoms with van der Waals surface area (Å²) in [7, 11) is 0. The molecule has 23 heavy (non-hydrogen) atoms. The van der Waals surface area contributed by atoms with Gasteiger partial charge in [-0.25, -0.2) is 0 Å². The van der Waals surface area contributed by atoms with Gasteiger partial charge in [0.1, 0.15) is 5.01 Å². The standard InChI is InChI=1S/C16H11ClIN3OS/c17-12-6-4-10(5-7-12)8-14-20-21-16(23-14)19-15(22)11-2-1-3-13(18)9-11/h1-7,9H,8H2,(H,19,21,22). The van der Waals surface area contributed by atoms with Gasteiger partial charge in [0.25, 0.3) is 5.91 Å². The van der Waals surface area contributed by atoms with E-state index in [2.05, 4.69) is 38.1 Å². The number of hydrogen-bond acceptors (Lipinski definition) is 4. The van der Waals surface area contributed by atoms with E-state index in [-0.39, 0.29) is 5.91 Å². The van der Waals surface area contributed by atoms with Crippen molar-refractivity contribution in [1.82, 2.24) is 10.2 Å². The number of carbonyl (C=O) groups excluding carboxylic acids is 1. The molecule has 2 aromatic carbocycles. The molecule has 3 aromatic rings. The van der Waals surface area contributed by atoms with Gasteiger partial charge in [0.05, 0.1) is 0 Å². The van der Waals surface area contributed by atoms with Crippen LogP contribution in [0.25, 0.3) is 0 Å². The van der Waals surface area contributed by atoms with E-state index in [1.54, 1.807) is 6.07 Å². The quantitative estimate of drug-likeness (QED) is 0.583. The Balaban J connectivity index is 1.67. The maximum Gasteiger partial charge on any atom is 0.257 e. The van der Waals surface area contributed by atoms with Crippen molar-refractivity contribution < 1.29 is 4.79 Å². The van der Waals surface area contributed by atoms with Crippen LogP contribution in [0.4, 0.5) is 5.13 Å². The van der Waals surface area contributed by atoms with E-state index in [0.717, 1.165) is 14.1 Å². The van der Waals surface area contributed by atoms with Gasteiger partial charge >= 0.3 is 0 Å². The fourth-order valence-electron chi connectivity index (χ4n) is 1.95. The highest BCUT2D eigenvalue weighted by Crippen LogP contribution is 2.20. The third-order valence-electron chi connectivity index (χ3n) is 3.04. The van der Waals surface area contributed by atoms with Crippen molar-refractivity contribution in [1.29, 1.82) is 0 Å². The summed E-state index contributed by atoms with van der Waals surface area (Å²) in [4.78, 5) is 12.2. The van der Waals surface area contributed by atoms with Crippen LogP contribution in [0.1, 0.15) is 20.9 Å². The van der Waals surface area contributed by atoms with Gasteiger partial charge in [0.15, 0.2) is 0 Å². The summed E-state index contributed by atoms with van der Waals surface area (Å²) >= 11 is 9.42. The van der Waals surface area contributed by atoms with Gasteiger partial charge in [0.2, 0.25) is 5.13 Å². The lowest BCUT2D eigenvalue weighted by Crippen LogP contribution is -2.11. The molecule has 0 bridgehead atoms. The van der Waals surface area contributed by atoms with Crippen molar-refractivity contribution in [2.45, 2.75) is 6.42 Å². The Morgan fingerprint density at radius 3 is 2.70 bits per heavy atom. The first-order valence-corrected chi connectivity index (χ1v) is 9.01. The second-order valence-electron chi connectivity index (χ2n) is 4.77. The molecular weight excluding hydrogens is 445 g/mol. The van der Waals surface area contributed by atoms with Gasteiger partial charge in [-0.05, 0) is 58.5 Å². The maximum atomic E-state index is 12.2. The van der Waals surface area contributed by atoms with E-state index in [0.29, 0.717) is 22.1 Å². The van der Waals surface area contributed by atoms with E-state index < -0.39 is 0 Å². The number of amides is 1. The number of nitrogens with zero attached hydrogens (tertiary/aromatic N) is 2. The molecule has 0 saturated heterocycles. The van der Waals surface area contributed by atoms with Crippen LogP contribution in [0.3, 0.4) is 0 Å². The van der Waals surface area contributed by atoms with Gasteiger partial charge < -0.3 is 0 Å². The van der Waals surface area contributed by atoms with E-state index in [1.165, 1.54) is 11.3 Å². The molecule has 0 unspecified atom stereocenters. The molecule has 1 aromatic heterocycles. The molecule has 1 amide bonds. The molecule has 0 saturated carbocycles. The summed E-state index contributed by atoms with van der Waals surface area (Å²) in [5, 5.41) is 13.0. The molecule has 0 aliphatic rings. The van der Waals surface area contributed by atoms with E-state index in [1.807, 2.05) is 42.5 Å². The second kappa shape index (κ2) is 7.37. The Morgan fingerprint density at radius 2 is 1.96 bits per heavy atom. The summed E-state index contributed by atoms with van der Waals surface area (Å²) < 4.78 is 1.01. The Bertz CT molecular complexity index is 835. The van der Waals surface area contributed by atoms with Crippen LogP contribution in [-0.2, 0) is 6.42 Å². The molecule has 0 fully saturated rings. The number of anilines is 1. The van der Waals surface area contributed by atoms with Crippen molar-refractivity contribution >= 4 is 56.6 Å². The molecule has 116 valence electrons. The zero-order valence-corrected chi connectivity index (χ0v) is 15.5. The normalized spacial score (nSPS) is 10.5. The van der Waals surface area contributed by atoms with Crippen molar-refractivity contribution in [3.05, 3.63) is 73.3 Å². The molecule has 4 nitrogen and oxygen atoms in total. The number of nitrogens with one attached hydrogen (secondary N) is 1. The van der Waals surface area contributed by atoms with E-state index >= 15 is 0 Å². The van der Waals surface area contributed by atoms with Crippen LogP contribution in [-0.4, -0.2) is 16.1 Å². The minimum atomic E-state index is -0.183. The topological polar surface area (TPSA) is 54.9 Å². The molecule has 3 rings (SSSR count). The molecule has 0 aliphatic carbocycles. The molecule has 0 aliphatic heterocycles. The van der Waals surface area contributed by atoms with Crippen LogP contribution < -0.4 is 5.32 Å². The van der Waals surface area contributed by atoms with Gasteiger partial charge in [-0.3, -0.25) is 10.1 Å². The molecule has 0 radical (unpaired) electrons. The summed E-state index contributed by atoms with van der Waals surface area (Å²) in [6.45, 7) is 0. The summed E-state index contributed by atoms with van der Waals surface area (Å²) in [5.41, 5.74) is 1.70. The minimum absolute atomic E-state index is 0.183. The lowest BCUT2D eigenvalue weighted by Gasteiger charge is -2.01. The first-order valence-electron chi connectivity index (χ1n) is 6.74. The number of rotatable bonds is 4. The number of benzene rings is 2. The summed E-state index contributed by atoms with van der Waals surface area (Å²) in [5.74, 6) is -0.183. The average molecular weight is 456 g/mol. The largest absolute Gasteiger partial charge is 0.296 e. The zero-order chi connectivity index (χ0) is 16.2. The fourth-order valence-corrected chi connectivity index (χ4v) is 3.39. The number of aromatic nitrogens is 2. The van der Waals surface area contributed by atoms with Crippen LogP contribution in [0, 0.1) is 3.57 Å². The Hall–Kier alpha value is -1.51. The number of halogens is 2. The summed E-state index contributed by atoms with van der Waals surface area (Å²) in [6.07, 6.45) is 0.661. The number of hydrogen-bond donors (Lipinski definition) is 1. The monoisotopic (exact) mass is 455 g/mol. The lowest BCUT2D eigenvalue weighted by molar-refractivity contribution is 0.102. The predicted molar refractivity (Wildman–Crippen MR) is 101 cm³/mol. The third-order valence-corrected chi connectivity index (χ3v) is 4.80. The first kappa shape index (κ1) is 16.4. The smallest absolute Gasteiger partial charge is 0.257 e. The van der Waals surface area contributed by atoms with Crippen LogP contribution in [0.2, 0.25) is 5.02 Å². The van der Waals surface area contributed by atoms with Gasteiger partial charge in [-0.2, -0.15) is 0 Å². The van der Waals surface area contributed by atoms with Crippen molar-refractivity contribution in [3.8, 4) is 0 Å². The molecule has 1 N–H and O–H groups in total. The van der Waals surface area contributed by atoms with Crippen molar-refractivity contribution in [3.63, 3.8) is 0 Å².